The summed E-state index contributed by atoms with van der Waals surface area (Å²) in [6.07, 6.45) is 1.52. The SMILES string of the molecule is CC(C(=O)O)c1cccc(C(=O)Nc2ncccc2Cl)c1. The van der Waals surface area contributed by atoms with Crippen LogP contribution in [0.5, 0.6) is 0 Å². The number of nitrogens with zero attached hydrogens (tertiary/aromatic N) is 1. The number of carboxylic acid groups (broad SMARTS) is 1. The van der Waals surface area contributed by atoms with Gasteiger partial charge in [0.05, 0.1) is 10.9 Å². The Balaban J connectivity index is 2.22. The number of hydrogen-bond acceptors (Lipinski definition) is 3. The molecule has 1 heterocycles. The van der Waals surface area contributed by atoms with Crippen molar-refractivity contribution in [2.45, 2.75) is 12.8 Å². The van der Waals surface area contributed by atoms with Crippen molar-refractivity contribution in [1.29, 1.82) is 0 Å². The molecule has 0 bridgehead atoms. The van der Waals surface area contributed by atoms with Crippen LogP contribution in [0.3, 0.4) is 0 Å². The van der Waals surface area contributed by atoms with E-state index in [9.17, 15) is 9.59 Å². The van der Waals surface area contributed by atoms with Crippen molar-refractivity contribution in [3.8, 4) is 0 Å². The molecule has 0 saturated heterocycles. The molecule has 1 amide bonds. The highest BCUT2D eigenvalue weighted by Gasteiger charge is 2.16. The van der Waals surface area contributed by atoms with E-state index >= 15 is 0 Å². The van der Waals surface area contributed by atoms with Crippen molar-refractivity contribution < 1.29 is 14.7 Å². The van der Waals surface area contributed by atoms with E-state index in [1.54, 1.807) is 43.3 Å². The van der Waals surface area contributed by atoms with Crippen LogP contribution in [0.1, 0.15) is 28.8 Å². The fourth-order valence-electron chi connectivity index (χ4n) is 1.75. The largest absolute Gasteiger partial charge is 0.481 e. The Morgan fingerprint density at radius 2 is 2.05 bits per heavy atom. The van der Waals surface area contributed by atoms with Gasteiger partial charge in [-0.3, -0.25) is 9.59 Å². The minimum atomic E-state index is -0.944. The van der Waals surface area contributed by atoms with Crippen LogP contribution >= 0.6 is 11.6 Å². The summed E-state index contributed by atoms with van der Waals surface area (Å²) in [5.41, 5.74) is 0.907. The molecule has 0 aliphatic carbocycles. The van der Waals surface area contributed by atoms with Gasteiger partial charge in [0.2, 0.25) is 0 Å². The Labute approximate surface area is 126 Å². The van der Waals surface area contributed by atoms with Gasteiger partial charge in [-0.2, -0.15) is 0 Å². The molecule has 1 aromatic carbocycles. The summed E-state index contributed by atoms with van der Waals surface area (Å²) in [4.78, 5) is 27.1. The van der Waals surface area contributed by atoms with E-state index in [1.807, 2.05) is 0 Å². The number of amides is 1. The molecular weight excluding hydrogens is 292 g/mol. The highest BCUT2D eigenvalue weighted by Crippen LogP contribution is 2.20. The number of benzene rings is 1. The van der Waals surface area contributed by atoms with Gasteiger partial charge in [0.15, 0.2) is 5.82 Å². The summed E-state index contributed by atoms with van der Waals surface area (Å²) < 4.78 is 0. The maximum absolute atomic E-state index is 12.2. The molecule has 5 nitrogen and oxygen atoms in total. The predicted octanol–water partition coefficient (Wildman–Crippen LogP) is 3.18. The summed E-state index contributed by atoms with van der Waals surface area (Å²) in [6, 6.07) is 9.74. The first-order chi connectivity index (χ1) is 9.99. The summed E-state index contributed by atoms with van der Waals surface area (Å²) in [5, 5.41) is 11.9. The molecule has 108 valence electrons. The zero-order chi connectivity index (χ0) is 15.4. The maximum atomic E-state index is 12.2. The summed E-state index contributed by atoms with van der Waals surface area (Å²) in [7, 11) is 0. The van der Waals surface area contributed by atoms with E-state index in [2.05, 4.69) is 10.3 Å². The van der Waals surface area contributed by atoms with Crippen molar-refractivity contribution in [3.63, 3.8) is 0 Å². The second-order valence-electron chi connectivity index (χ2n) is 4.47. The number of carbonyl (C=O) groups excluding carboxylic acids is 1. The Morgan fingerprint density at radius 3 is 2.71 bits per heavy atom. The summed E-state index contributed by atoms with van der Waals surface area (Å²) in [6.45, 7) is 1.56. The topological polar surface area (TPSA) is 79.3 Å². The Morgan fingerprint density at radius 1 is 1.29 bits per heavy atom. The van der Waals surface area contributed by atoms with Crippen molar-refractivity contribution in [2.24, 2.45) is 0 Å². The van der Waals surface area contributed by atoms with Crippen LogP contribution < -0.4 is 5.32 Å². The fourth-order valence-corrected chi connectivity index (χ4v) is 1.92. The molecule has 0 radical (unpaired) electrons. The molecule has 0 fully saturated rings. The second kappa shape index (κ2) is 6.37. The van der Waals surface area contributed by atoms with E-state index in [0.717, 1.165) is 0 Å². The predicted molar refractivity (Wildman–Crippen MR) is 79.7 cm³/mol. The van der Waals surface area contributed by atoms with Crippen LogP contribution in [0.2, 0.25) is 5.02 Å². The number of pyridine rings is 1. The lowest BCUT2D eigenvalue weighted by Gasteiger charge is -2.09. The minimum Gasteiger partial charge on any atom is -0.481 e. The third-order valence-electron chi connectivity index (χ3n) is 3.01. The second-order valence-corrected chi connectivity index (χ2v) is 4.88. The van der Waals surface area contributed by atoms with Gasteiger partial charge in [0.1, 0.15) is 0 Å². The van der Waals surface area contributed by atoms with Crippen LogP contribution in [-0.4, -0.2) is 22.0 Å². The van der Waals surface area contributed by atoms with Crippen molar-refractivity contribution >= 4 is 29.3 Å². The number of aliphatic carboxylic acids is 1. The molecule has 21 heavy (non-hydrogen) atoms. The number of carboxylic acids is 1. The van der Waals surface area contributed by atoms with E-state index < -0.39 is 17.8 Å². The molecule has 0 saturated carbocycles. The monoisotopic (exact) mass is 304 g/mol. The number of hydrogen-bond donors (Lipinski definition) is 2. The Hall–Kier alpha value is -2.40. The Kier molecular flexibility index (Phi) is 4.55. The quantitative estimate of drug-likeness (QED) is 0.909. The van der Waals surface area contributed by atoms with Gasteiger partial charge in [-0.05, 0) is 36.8 Å². The molecule has 0 spiro atoms. The first-order valence-electron chi connectivity index (χ1n) is 6.23. The molecule has 1 unspecified atom stereocenters. The van der Waals surface area contributed by atoms with Crippen molar-refractivity contribution in [2.75, 3.05) is 5.32 Å². The third-order valence-corrected chi connectivity index (χ3v) is 3.31. The average Bonchev–Trinajstić information content (AvgIpc) is 2.48. The Bertz CT molecular complexity index is 688. The number of anilines is 1. The number of rotatable bonds is 4. The number of aromatic nitrogens is 1. The molecule has 2 aromatic rings. The molecule has 1 atom stereocenters. The van der Waals surface area contributed by atoms with E-state index in [4.69, 9.17) is 16.7 Å². The minimum absolute atomic E-state index is 0.265. The molecule has 0 aliphatic heterocycles. The first kappa shape index (κ1) is 15.0. The zero-order valence-corrected chi connectivity index (χ0v) is 12.0. The molecule has 1 aromatic heterocycles. The smallest absolute Gasteiger partial charge is 0.310 e. The van der Waals surface area contributed by atoms with Gasteiger partial charge in [-0.25, -0.2) is 4.98 Å². The highest BCUT2D eigenvalue weighted by atomic mass is 35.5. The van der Waals surface area contributed by atoms with E-state index in [-0.39, 0.29) is 5.82 Å². The van der Waals surface area contributed by atoms with Crippen LogP contribution in [-0.2, 0) is 4.79 Å². The van der Waals surface area contributed by atoms with Crippen LogP contribution in [0.15, 0.2) is 42.6 Å². The molecule has 2 rings (SSSR count). The first-order valence-corrected chi connectivity index (χ1v) is 6.61. The molecule has 6 heteroatoms. The van der Waals surface area contributed by atoms with Gasteiger partial charge in [-0.1, -0.05) is 23.7 Å². The van der Waals surface area contributed by atoms with Crippen LogP contribution in [0, 0.1) is 0 Å². The highest BCUT2D eigenvalue weighted by molar-refractivity contribution is 6.33. The number of halogens is 1. The van der Waals surface area contributed by atoms with E-state index in [1.165, 1.54) is 6.20 Å². The number of nitrogens with one attached hydrogen (secondary N) is 1. The summed E-state index contributed by atoms with van der Waals surface area (Å²) in [5.74, 6) is -1.76. The van der Waals surface area contributed by atoms with E-state index in [0.29, 0.717) is 16.1 Å². The maximum Gasteiger partial charge on any atom is 0.310 e. The lowest BCUT2D eigenvalue weighted by atomic mass is 9.99. The van der Waals surface area contributed by atoms with Gasteiger partial charge in [0, 0.05) is 11.8 Å². The molecule has 0 aliphatic rings. The molecule has 2 N–H and O–H groups in total. The molecular formula is C15H13ClN2O3. The normalized spacial score (nSPS) is 11.7. The van der Waals surface area contributed by atoms with Gasteiger partial charge in [-0.15, -0.1) is 0 Å². The average molecular weight is 305 g/mol. The van der Waals surface area contributed by atoms with Gasteiger partial charge < -0.3 is 10.4 Å². The lowest BCUT2D eigenvalue weighted by molar-refractivity contribution is -0.138. The van der Waals surface area contributed by atoms with Crippen molar-refractivity contribution in [1.82, 2.24) is 4.98 Å². The van der Waals surface area contributed by atoms with Gasteiger partial charge >= 0.3 is 5.97 Å². The summed E-state index contributed by atoms with van der Waals surface area (Å²) >= 11 is 5.92. The number of carbonyl (C=O) groups is 2. The fraction of sp³-hybridized carbons (Fsp3) is 0.133. The zero-order valence-electron chi connectivity index (χ0n) is 11.2. The van der Waals surface area contributed by atoms with Crippen LogP contribution in [0.25, 0.3) is 0 Å². The van der Waals surface area contributed by atoms with Crippen LogP contribution in [0.4, 0.5) is 5.82 Å². The van der Waals surface area contributed by atoms with Gasteiger partial charge in [0.25, 0.3) is 5.91 Å². The lowest BCUT2D eigenvalue weighted by Crippen LogP contribution is -2.14. The van der Waals surface area contributed by atoms with Crippen molar-refractivity contribution in [3.05, 3.63) is 58.7 Å². The standard InChI is InChI=1S/C15H13ClN2O3/c1-9(15(20)21)10-4-2-5-11(8-10)14(19)18-13-12(16)6-3-7-17-13/h2-9H,1H3,(H,20,21)(H,17,18,19). The third kappa shape index (κ3) is 3.58.